The molecule has 2 aromatic heterocycles. The van der Waals surface area contributed by atoms with Crippen LogP contribution in [0.25, 0.3) is 11.1 Å². The number of oxazole rings is 1. The molecule has 3 saturated heterocycles. The number of hydrogen-bond donors (Lipinski definition) is 1. The molecular weight excluding hydrogens is 524 g/mol. The lowest BCUT2D eigenvalue weighted by Gasteiger charge is -2.24. The van der Waals surface area contributed by atoms with E-state index in [9.17, 15) is 14.4 Å². The molecule has 1 aromatic carbocycles. The molecule has 10 heteroatoms. The molecule has 1 saturated carbocycles. The first-order valence-corrected chi connectivity index (χ1v) is 14.9. The van der Waals surface area contributed by atoms with Crippen LogP contribution in [0.2, 0.25) is 0 Å². The van der Waals surface area contributed by atoms with Crippen molar-refractivity contribution in [3.8, 4) is 5.88 Å². The molecule has 0 radical (unpaired) electrons. The molecule has 1 aliphatic carbocycles. The summed E-state index contributed by atoms with van der Waals surface area (Å²) in [6.07, 6.45) is 5.93. The molecule has 3 aromatic rings. The molecule has 2 atom stereocenters. The van der Waals surface area contributed by atoms with Crippen molar-refractivity contribution < 1.29 is 23.5 Å². The normalized spacial score (nSPS) is 23.4. The highest BCUT2D eigenvalue weighted by molar-refractivity contribution is 5.97. The van der Waals surface area contributed by atoms with Gasteiger partial charge in [-0.15, -0.1) is 0 Å². The summed E-state index contributed by atoms with van der Waals surface area (Å²) in [5, 5.41) is 0. The quantitative estimate of drug-likeness (QED) is 0.487. The molecule has 4 aliphatic rings. The number of hydrogen-bond acceptors (Lipinski definition) is 7. The van der Waals surface area contributed by atoms with Crippen LogP contribution in [0.5, 0.6) is 5.88 Å². The van der Waals surface area contributed by atoms with E-state index in [4.69, 9.17) is 18.9 Å². The van der Waals surface area contributed by atoms with Gasteiger partial charge in [-0.05, 0) is 80.5 Å². The summed E-state index contributed by atoms with van der Waals surface area (Å²) < 4.78 is 16.7. The number of nitrogens with one attached hydrogen (secondary N) is 1. The molecule has 4 fully saturated rings. The van der Waals surface area contributed by atoms with Gasteiger partial charge in [-0.3, -0.25) is 14.6 Å². The Hall–Kier alpha value is -3.66. The van der Waals surface area contributed by atoms with Crippen LogP contribution in [0, 0.1) is 17.8 Å². The molecule has 10 nitrogen and oxygen atoms in total. The highest BCUT2D eigenvalue weighted by Crippen LogP contribution is 2.40. The lowest BCUT2D eigenvalue weighted by molar-refractivity contribution is 0.0490. The van der Waals surface area contributed by atoms with Crippen molar-refractivity contribution in [1.82, 2.24) is 19.8 Å². The van der Waals surface area contributed by atoms with Gasteiger partial charge >= 0.3 is 5.76 Å². The average Bonchev–Trinajstić information content (AvgIpc) is 3.71. The van der Waals surface area contributed by atoms with Gasteiger partial charge < -0.3 is 23.7 Å². The lowest BCUT2D eigenvalue weighted by atomic mass is 9.92. The number of nitrogens with zero attached hydrogens (tertiary/aromatic N) is 3. The zero-order valence-electron chi connectivity index (χ0n) is 23.2. The zero-order valence-corrected chi connectivity index (χ0v) is 23.2. The number of pyridine rings is 1. The number of benzene rings is 1. The first-order valence-electron chi connectivity index (χ1n) is 14.9. The van der Waals surface area contributed by atoms with Gasteiger partial charge in [0.15, 0.2) is 5.58 Å². The van der Waals surface area contributed by atoms with Gasteiger partial charge in [0.2, 0.25) is 5.88 Å². The Bertz CT molecular complexity index is 1490. The number of aromatic nitrogens is 2. The van der Waals surface area contributed by atoms with E-state index in [0.717, 1.165) is 57.4 Å². The lowest BCUT2D eigenvalue weighted by Crippen LogP contribution is -2.34. The van der Waals surface area contributed by atoms with E-state index in [0.29, 0.717) is 84.6 Å². The topological polar surface area (TPSA) is 118 Å². The largest absolute Gasteiger partial charge is 0.477 e. The Morgan fingerprint density at radius 3 is 2.37 bits per heavy atom. The number of carbonyl (C=O) groups excluding carboxylic acids is 2. The summed E-state index contributed by atoms with van der Waals surface area (Å²) in [4.78, 5) is 49.7. The molecule has 2 unspecified atom stereocenters. The van der Waals surface area contributed by atoms with Crippen LogP contribution in [-0.2, 0) is 4.74 Å². The van der Waals surface area contributed by atoms with Gasteiger partial charge in [0.05, 0.1) is 12.1 Å². The maximum absolute atomic E-state index is 13.7. The summed E-state index contributed by atoms with van der Waals surface area (Å²) in [6, 6.07) is 8.87. The smallest absolute Gasteiger partial charge is 0.417 e. The van der Waals surface area contributed by atoms with E-state index < -0.39 is 5.76 Å². The molecule has 0 spiro atoms. The van der Waals surface area contributed by atoms with Crippen LogP contribution in [-0.4, -0.2) is 77.6 Å². The van der Waals surface area contributed by atoms with Crippen molar-refractivity contribution in [1.29, 1.82) is 0 Å². The number of amides is 2. The first-order chi connectivity index (χ1) is 20.0. The van der Waals surface area contributed by atoms with E-state index in [2.05, 4.69) is 4.98 Å². The summed E-state index contributed by atoms with van der Waals surface area (Å²) >= 11 is 0. The molecule has 216 valence electrons. The minimum atomic E-state index is -0.526. The van der Waals surface area contributed by atoms with Crippen molar-refractivity contribution in [3.63, 3.8) is 0 Å². The maximum atomic E-state index is 13.7. The Labute approximate surface area is 238 Å². The second-order valence-electron chi connectivity index (χ2n) is 12.1. The van der Waals surface area contributed by atoms with E-state index in [1.54, 1.807) is 18.2 Å². The molecule has 2 amide bonds. The highest BCUT2D eigenvalue weighted by atomic mass is 16.5. The Morgan fingerprint density at radius 2 is 1.63 bits per heavy atom. The van der Waals surface area contributed by atoms with Gasteiger partial charge in [-0.2, -0.15) is 0 Å². The average molecular weight is 561 g/mol. The van der Waals surface area contributed by atoms with E-state index in [1.807, 2.05) is 21.9 Å². The Morgan fingerprint density at radius 1 is 0.902 bits per heavy atom. The van der Waals surface area contributed by atoms with Crippen molar-refractivity contribution in [2.75, 3.05) is 46.0 Å². The first kappa shape index (κ1) is 26.3. The van der Waals surface area contributed by atoms with Gasteiger partial charge in [-0.25, -0.2) is 9.78 Å². The minimum Gasteiger partial charge on any atom is -0.477 e. The fourth-order valence-corrected chi connectivity index (χ4v) is 6.59. The summed E-state index contributed by atoms with van der Waals surface area (Å²) in [7, 11) is 0. The van der Waals surface area contributed by atoms with E-state index in [1.165, 1.54) is 0 Å². The van der Waals surface area contributed by atoms with Crippen molar-refractivity contribution in [2.45, 2.75) is 44.4 Å². The van der Waals surface area contributed by atoms with Crippen molar-refractivity contribution in [3.05, 3.63) is 57.7 Å². The maximum Gasteiger partial charge on any atom is 0.417 e. The predicted molar refractivity (Wildman–Crippen MR) is 150 cm³/mol. The molecule has 5 heterocycles. The number of H-pyrrole nitrogens is 1. The molecule has 3 aliphatic heterocycles. The van der Waals surface area contributed by atoms with E-state index in [-0.39, 0.29) is 11.8 Å². The van der Waals surface area contributed by atoms with E-state index >= 15 is 0 Å². The van der Waals surface area contributed by atoms with Crippen LogP contribution >= 0.6 is 0 Å². The van der Waals surface area contributed by atoms with Gasteiger partial charge in [-0.1, -0.05) is 0 Å². The molecule has 1 N–H and O–H groups in total. The van der Waals surface area contributed by atoms with Crippen molar-refractivity contribution in [2.24, 2.45) is 17.8 Å². The van der Waals surface area contributed by atoms with Crippen LogP contribution in [0.4, 0.5) is 0 Å². The van der Waals surface area contributed by atoms with Crippen LogP contribution < -0.4 is 10.5 Å². The van der Waals surface area contributed by atoms with Gasteiger partial charge in [0.1, 0.15) is 0 Å². The monoisotopic (exact) mass is 560 g/mol. The summed E-state index contributed by atoms with van der Waals surface area (Å²) in [5.74, 6) is 1.61. The third-order valence-electron chi connectivity index (χ3n) is 9.23. The van der Waals surface area contributed by atoms with Gasteiger partial charge in [0.25, 0.3) is 11.8 Å². The standard InChI is InChI=1S/C31H36N4O6/c36-29(21-3-4-25-27(14-21)41-31(38)33-25)35-16-22-5-9-34(10-6-23(22)17-35)30(37)24-13-26(20-1-2-20)32-28(15-24)40-18-19-7-11-39-12-8-19/h3-4,13-15,19-20,22-23H,1-2,5-12,16-18H2,(H,33,38). The van der Waals surface area contributed by atoms with Crippen molar-refractivity contribution >= 4 is 22.9 Å². The number of rotatable bonds is 6. The fraction of sp³-hybridized carbons (Fsp3) is 0.548. The number of aromatic amines is 1. The number of ether oxygens (including phenoxy) is 2. The number of fused-ring (bicyclic) bond motifs is 2. The second-order valence-corrected chi connectivity index (χ2v) is 12.1. The zero-order chi connectivity index (χ0) is 27.9. The summed E-state index contributed by atoms with van der Waals surface area (Å²) in [5.41, 5.74) is 3.13. The van der Waals surface area contributed by atoms with Gasteiger partial charge in [0, 0.05) is 68.2 Å². The second kappa shape index (κ2) is 11.0. The van der Waals surface area contributed by atoms with Crippen LogP contribution in [0.15, 0.2) is 39.5 Å². The molecule has 0 bridgehead atoms. The minimum absolute atomic E-state index is 0.0411. The SMILES string of the molecule is O=C(c1cc(OCC2CCOCC2)nc(C2CC2)c1)N1CCC2CN(C(=O)c3ccc4[nH]c(=O)oc4c3)CC2CC1. The van der Waals surface area contributed by atoms with Crippen LogP contribution in [0.1, 0.15) is 70.9 Å². The third-order valence-corrected chi connectivity index (χ3v) is 9.23. The summed E-state index contributed by atoms with van der Waals surface area (Å²) in [6.45, 7) is 4.84. The number of likely N-dealkylation sites (tertiary alicyclic amines) is 2. The Balaban J connectivity index is 0.995. The fourth-order valence-electron chi connectivity index (χ4n) is 6.59. The highest BCUT2D eigenvalue weighted by Gasteiger charge is 2.38. The molecule has 41 heavy (non-hydrogen) atoms. The number of carbonyl (C=O) groups is 2. The predicted octanol–water partition coefficient (Wildman–Crippen LogP) is 3.82. The molecule has 7 rings (SSSR count). The Kier molecular flexibility index (Phi) is 7.02. The third kappa shape index (κ3) is 5.62. The molecular formula is C31H36N4O6. The van der Waals surface area contributed by atoms with Crippen LogP contribution in [0.3, 0.4) is 0 Å².